The smallest absolute Gasteiger partial charge is 0.237 e. The number of rotatable bonds is 6. The monoisotopic (exact) mass is 239 g/mol. The molecule has 0 heterocycles. The maximum absolute atomic E-state index is 11.4. The van der Waals surface area contributed by atoms with Crippen LogP contribution in [0.1, 0.15) is 38.5 Å². The van der Waals surface area contributed by atoms with Gasteiger partial charge in [0.25, 0.3) is 0 Å². The minimum atomic E-state index is -0.736. The lowest BCUT2D eigenvalue weighted by Crippen LogP contribution is -2.55. The Labute approximate surface area is 104 Å². The van der Waals surface area contributed by atoms with Gasteiger partial charge in [0.05, 0.1) is 5.54 Å². The van der Waals surface area contributed by atoms with E-state index in [1.807, 2.05) is 0 Å². The zero-order valence-corrected chi connectivity index (χ0v) is 10.8. The van der Waals surface area contributed by atoms with Crippen molar-refractivity contribution in [1.82, 2.24) is 4.90 Å². The maximum atomic E-state index is 11.4. The molecule has 2 saturated carbocycles. The number of carbonyl (C=O) groups is 1. The van der Waals surface area contributed by atoms with Gasteiger partial charge in [0, 0.05) is 6.54 Å². The number of hydrogen-bond donors (Lipinski definition) is 2. The first-order chi connectivity index (χ1) is 8.02. The zero-order valence-electron chi connectivity index (χ0n) is 10.8. The van der Waals surface area contributed by atoms with Crippen LogP contribution in [0.15, 0.2) is 0 Å². The molecule has 0 aromatic heterocycles. The third-order valence-electron chi connectivity index (χ3n) is 4.46. The Balaban J connectivity index is 1.79. The summed E-state index contributed by atoms with van der Waals surface area (Å²) in [5, 5.41) is 0. The van der Waals surface area contributed by atoms with Crippen molar-refractivity contribution in [2.24, 2.45) is 23.3 Å². The van der Waals surface area contributed by atoms with Crippen molar-refractivity contribution in [1.29, 1.82) is 0 Å². The van der Waals surface area contributed by atoms with E-state index < -0.39 is 5.54 Å². The van der Waals surface area contributed by atoms with Crippen LogP contribution in [0.2, 0.25) is 0 Å². The van der Waals surface area contributed by atoms with Crippen LogP contribution in [0.3, 0.4) is 0 Å². The van der Waals surface area contributed by atoms with Gasteiger partial charge in [-0.15, -0.1) is 0 Å². The summed E-state index contributed by atoms with van der Waals surface area (Å²) in [4.78, 5) is 13.8. The predicted octanol–water partition coefficient (Wildman–Crippen LogP) is 0.701. The van der Waals surface area contributed by atoms with Gasteiger partial charge < -0.3 is 16.4 Å². The second-order valence-electron chi connectivity index (χ2n) is 5.99. The Kier molecular flexibility index (Phi) is 3.73. The van der Waals surface area contributed by atoms with E-state index in [-0.39, 0.29) is 11.8 Å². The molecule has 2 unspecified atom stereocenters. The van der Waals surface area contributed by atoms with Crippen molar-refractivity contribution in [3.8, 4) is 0 Å². The highest BCUT2D eigenvalue weighted by Crippen LogP contribution is 2.36. The van der Waals surface area contributed by atoms with Gasteiger partial charge in [0.15, 0.2) is 0 Å². The highest BCUT2D eigenvalue weighted by molar-refractivity contribution is 5.85. The van der Waals surface area contributed by atoms with Gasteiger partial charge in [-0.05, 0) is 57.5 Å². The number of hydrogen-bond acceptors (Lipinski definition) is 3. The average molecular weight is 239 g/mol. The summed E-state index contributed by atoms with van der Waals surface area (Å²) in [5.74, 6) is 0.883. The van der Waals surface area contributed by atoms with Crippen LogP contribution < -0.4 is 11.5 Å². The highest BCUT2D eigenvalue weighted by atomic mass is 16.1. The molecule has 4 nitrogen and oxygen atoms in total. The summed E-state index contributed by atoms with van der Waals surface area (Å²) < 4.78 is 0. The molecule has 4 heteroatoms. The number of nitrogens with two attached hydrogens (primary N) is 2. The van der Waals surface area contributed by atoms with E-state index in [1.165, 1.54) is 19.4 Å². The Morgan fingerprint density at radius 1 is 1.41 bits per heavy atom. The van der Waals surface area contributed by atoms with Crippen LogP contribution in [0, 0.1) is 11.8 Å². The zero-order chi connectivity index (χ0) is 12.5. The second-order valence-corrected chi connectivity index (χ2v) is 5.99. The minimum Gasteiger partial charge on any atom is -0.368 e. The molecule has 1 amide bonds. The molecule has 0 saturated heterocycles. The number of primary amides is 1. The van der Waals surface area contributed by atoms with E-state index in [9.17, 15) is 4.79 Å². The van der Waals surface area contributed by atoms with Crippen molar-refractivity contribution in [2.45, 2.75) is 44.1 Å². The van der Waals surface area contributed by atoms with E-state index in [4.69, 9.17) is 11.5 Å². The van der Waals surface area contributed by atoms with E-state index >= 15 is 0 Å². The SMILES string of the molecule is CN(CCC1CCCC1(N)C(N)=O)CC1CC1. The molecule has 0 aromatic rings. The molecule has 98 valence electrons. The molecule has 0 aliphatic heterocycles. The molecular formula is C13H25N3O. The van der Waals surface area contributed by atoms with Crippen LogP contribution in [-0.2, 0) is 4.79 Å². The molecule has 0 aromatic carbocycles. The molecule has 0 bridgehead atoms. The van der Waals surface area contributed by atoms with Crippen molar-refractivity contribution in [3.63, 3.8) is 0 Å². The molecule has 2 fully saturated rings. The lowest BCUT2D eigenvalue weighted by molar-refractivity contribution is -0.124. The van der Waals surface area contributed by atoms with Gasteiger partial charge in [0.1, 0.15) is 0 Å². The number of nitrogens with zero attached hydrogens (tertiary/aromatic N) is 1. The van der Waals surface area contributed by atoms with E-state index in [1.54, 1.807) is 0 Å². The summed E-state index contributed by atoms with van der Waals surface area (Å²) in [7, 11) is 2.16. The predicted molar refractivity (Wildman–Crippen MR) is 68.3 cm³/mol. The van der Waals surface area contributed by atoms with Crippen LogP contribution in [0.4, 0.5) is 0 Å². The average Bonchev–Trinajstić information content (AvgIpc) is 2.98. The molecule has 0 spiro atoms. The van der Waals surface area contributed by atoms with Gasteiger partial charge in [-0.2, -0.15) is 0 Å². The first-order valence-electron chi connectivity index (χ1n) is 6.79. The normalized spacial score (nSPS) is 33.2. The maximum Gasteiger partial charge on any atom is 0.237 e. The van der Waals surface area contributed by atoms with Gasteiger partial charge in [-0.25, -0.2) is 0 Å². The fraction of sp³-hybridized carbons (Fsp3) is 0.923. The van der Waals surface area contributed by atoms with E-state index in [0.29, 0.717) is 0 Å². The molecule has 0 radical (unpaired) electrons. The van der Waals surface area contributed by atoms with Crippen LogP contribution >= 0.6 is 0 Å². The molecule has 2 atom stereocenters. The van der Waals surface area contributed by atoms with Crippen LogP contribution in [-0.4, -0.2) is 36.5 Å². The van der Waals surface area contributed by atoms with Gasteiger partial charge in [0.2, 0.25) is 5.91 Å². The third-order valence-corrected chi connectivity index (χ3v) is 4.46. The summed E-state index contributed by atoms with van der Waals surface area (Å²) in [6.07, 6.45) is 6.63. The van der Waals surface area contributed by atoms with E-state index in [0.717, 1.165) is 38.1 Å². The third kappa shape index (κ3) is 2.99. The Morgan fingerprint density at radius 2 is 2.12 bits per heavy atom. The molecule has 2 aliphatic carbocycles. The van der Waals surface area contributed by atoms with E-state index in [2.05, 4.69) is 11.9 Å². The quantitative estimate of drug-likeness (QED) is 0.716. The molecule has 4 N–H and O–H groups in total. The van der Waals surface area contributed by atoms with Crippen molar-refractivity contribution < 1.29 is 4.79 Å². The summed E-state index contributed by atoms with van der Waals surface area (Å²) in [5.41, 5.74) is 10.9. The van der Waals surface area contributed by atoms with Crippen LogP contribution in [0.5, 0.6) is 0 Å². The standard InChI is InChI=1S/C13H25N3O/c1-16(9-10-4-5-10)8-6-11-3-2-7-13(11,15)12(14)17/h10-11H,2-9,15H2,1H3,(H2,14,17). The van der Waals surface area contributed by atoms with Gasteiger partial charge in [-0.1, -0.05) is 6.42 Å². The largest absolute Gasteiger partial charge is 0.368 e. The Morgan fingerprint density at radius 3 is 2.71 bits per heavy atom. The minimum absolute atomic E-state index is 0.279. The molecule has 2 aliphatic rings. The van der Waals surface area contributed by atoms with Crippen molar-refractivity contribution in [2.75, 3.05) is 20.1 Å². The first-order valence-corrected chi connectivity index (χ1v) is 6.79. The number of amides is 1. The second kappa shape index (κ2) is 4.94. The summed E-state index contributed by atoms with van der Waals surface area (Å²) >= 11 is 0. The molecule has 2 rings (SSSR count). The molecular weight excluding hydrogens is 214 g/mol. The van der Waals surface area contributed by atoms with Crippen molar-refractivity contribution in [3.05, 3.63) is 0 Å². The highest BCUT2D eigenvalue weighted by Gasteiger charge is 2.43. The fourth-order valence-electron chi connectivity index (χ4n) is 3.04. The fourth-order valence-corrected chi connectivity index (χ4v) is 3.04. The Bertz CT molecular complexity index is 290. The summed E-state index contributed by atoms with van der Waals surface area (Å²) in [6, 6.07) is 0. The molecule has 17 heavy (non-hydrogen) atoms. The number of carbonyl (C=O) groups excluding carboxylic acids is 1. The van der Waals surface area contributed by atoms with Gasteiger partial charge in [-0.3, -0.25) is 4.79 Å². The lowest BCUT2D eigenvalue weighted by Gasteiger charge is -2.29. The summed E-state index contributed by atoms with van der Waals surface area (Å²) in [6.45, 7) is 2.23. The first kappa shape index (κ1) is 12.8. The van der Waals surface area contributed by atoms with Crippen LogP contribution in [0.25, 0.3) is 0 Å². The lowest BCUT2D eigenvalue weighted by atomic mass is 9.85. The Hall–Kier alpha value is -0.610. The van der Waals surface area contributed by atoms with Gasteiger partial charge >= 0.3 is 0 Å². The van der Waals surface area contributed by atoms with Crippen molar-refractivity contribution >= 4 is 5.91 Å². The topological polar surface area (TPSA) is 72.3 Å².